The maximum atomic E-state index is 12.5. The van der Waals surface area contributed by atoms with Crippen LogP contribution in [-0.2, 0) is 22.5 Å². The van der Waals surface area contributed by atoms with E-state index in [1.165, 1.54) is 0 Å². The van der Waals surface area contributed by atoms with Gasteiger partial charge in [0.05, 0.1) is 25.1 Å². The standard InChI is InChI=1S/C35H40N8O2/c1-24(2)31-23-38-43-33(31)39-35(42-16-18-45-19-17-42)40-34(43)37-22-27-8-5-6-10-29(27)32-30-12-11-25(20-26(30)13-14-36-32)21-28(44)9-7-15-41(3)4/h5-14,20,23-24H,15-19,21-22H2,1-4H3,(H,37,39,40)/b9-7+. The number of morpholine rings is 1. The summed E-state index contributed by atoms with van der Waals surface area (Å²) in [5.41, 5.74) is 5.90. The van der Waals surface area contributed by atoms with Gasteiger partial charge in [-0.05, 0) is 48.7 Å². The molecule has 1 saturated heterocycles. The maximum Gasteiger partial charge on any atom is 0.230 e. The van der Waals surface area contributed by atoms with Crippen LogP contribution in [0.15, 0.2) is 73.1 Å². The summed E-state index contributed by atoms with van der Waals surface area (Å²) in [5.74, 6) is 1.69. The lowest BCUT2D eigenvalue weighted by atomic mass is 9.97. The van der Waals surface area contributed by atoms with Crippen molar-refractivity contribution in [3.05, 3.63) is 89.8 Å². The average Bonchev–Trinajstić information content (AvgIpc) is 3.48. The number of nitrogens with one attached hydrogen (secondary N) is 1. The van der Waals surface area contributed by atoms with Gasteiger partial charge in [-0.15, -0.1) is 0 Å². The highest BCUT2D eigenvalue weighted by atomic mass is 16.5. The number of likely N-dealkylation sites (N-methyl/N-ethyl adjacent to an activating group) is 1. The van der Waals surface area contributed by atoms with E-state index in [0.717, 1.165) is 64.0 Å². The molecule has 0 saturated carbocycles. The normalized spacial score (nSPS) is 14.0. The number of hydrogen-bond acceptors (Lipinski definition) is 9. The van der Waals surface area contributed by atoms with Crippen molar-refractivity contribution in [3.8, 4) is 11.3 Å². The number of rotatable bonds is 11. The molecule has 4 heterocycles. The summed E-state index contributed by atoms with van der Waals surface area (Å²) in [6.45, 7) is 8.38. The van der Waals surface area contributed by atoms with Gasteiger partial charge in [0.15, 0.2) is 11.4 Å². The highest BCUT2D eigenvalue weighted by molar-refractivity contribution is 5.97. The van der Waals surface area contributed by atoms with Crippen LogP contribution in [0.1, 0.15) is 36.5 Å². The molecule has 45 heavy (non-hydrogen) atoms. The van der Waals surface area contributed by atoms with E-state index in [9.17, 15) is 4.79 Å². The number of carbonyl (C=O) groups is 1. The number of carbonyl (C=O) groups excluding carboxylic acids is 1. The van der Waals surface area contributed by atoms with E-state index < -0.39 is 0 Å². The van der Waals surface area contributed by atoms with Crippen molar-refractivity contribution in [2.24, 2.45) is 0 Å². The molecule has 0 spiro atoms. The third-order valence-electron chi connectivity index (χ3n) is 7.99. The van der Waals surface area contributed by atoms with E-state index in [4.69, 9.17) is 19.7 Å². The summed E-state index contributed by atoms with van der Waals surface area (Å²) >= 11 is 0. The van der Waals surface area contributed by atoms with E-state index in [0.29, 0.717) is 38.1 Å². The number of ether oxygens (including phenoxy) is 1. The fourth-order valence-corrected chi connectivity index (χ4v) is 5.60. The molecule has 0 radical (unpaired) electrons. The number of hydrogen-bond donors (Lipinski definition) is 1. The van der Waals surface area contributed by atoms with Crippen LogP contribution in [-0.4, -0.2) is 82.2 Å². The first kappa shape index (κ1) is 30.4. The molecule has 0 aliphatic carbocycles. The second-order valence-corrected chi connectivity index (χ2v) is 12.0. The zero-order chi connectivity index (χ0) is 31.3. The van der Waals surface area contributed by atoms with Gasteiger partial charge in [0, 0.05) is 55.3 Å². The predicted octanol–water partition coefficient (Wildman–Crippen LogP) is 5.14. The first-order chi connectivity index (χ1) is 21.9. The van der Waals surface area contributed by atoms with Crippen LogP contribution in [0.2, 0.25) is 0 Å². The first-order valence-corrected chi connectivity index (χ1v) is 15.5. The molecular formula is C35H40N8O2. The summed E-state index contributed by atoms with van der Waals surface area (Å²) in [6.07, 6.45) is 7.67. The Morgan fingerprint density at radius 3 is 2.71 bits per heavy atom. The first-order valence-electron chi connectivity index (χ1n) is 15.5. The molecule has 0 atom stereocenters. The largest absolute Gasteiger partial charge is 0.378 e. The van der Waals surface area contributed by atoms with Crippen LogP contribution < -0.4 is 10.2 Å². The molecule has 1 aliphatic heterocycles. The van der Waals surface area contributed by atoms with Gasteiger partial charge in [-0.2, -0.15) is 19.6 Å². The minimum Gasteiger partial charge on any atom is -0.378 e. The minimum atomic E-state index is 0.0928. The SMILES string of the molecule is CC(C)c1cnn2c(NCc3ccccc3-c3nccc4cc(CC(=O)/C=C/CN(C)C)ccc34)nc(N3CCOCC3)nc12. The molecule has 1 N–H and O–H groups in total. The van der Waals surface area contributed by atoms with Gasteiger partial charge in [0.1, 0.15) is 0 Å². The molecule has 232 valence electrons. The van der Waals surface area contributed by atoms with Crippen molar-refractivity contribution in [2.75, 3.05) is 57.2 Å². The third kappa shape index (κ3) is 6.87. The molecular weight excluding hydrogens is 564 g/mol. The smallest absolute Gasteiger partial charge is 0.230 e. The van der Waals surface area contributed by atoms with Crippen molar-refractivity contribution in [1.82, 2.24) is 29.5 Å². The fourth-order valence-electron chi connectivity index (χ4n) is 5.60. The topological polar surface area (TPSA) is 101 Å². The molecule has 10 heteroatoms. The Hall–Kier alpha value is -4.67. The molecule has 5 aromatic rings. The number of pyridine rings is 1. The number of benzene rings is 2. The Balaban J connectivity index is 1.28. The van der Waals surface area contributed by atoms with Crippen LogP contribution in [0.4, 0.5) is 11.9 Å². The molecule has 6 rings (SSSR count). The lowest BCUT2D eigenvalue weighted by molar-refractivity contribution is -0.114. The van der Waals surface area contributed by atoms with E-state index in [1.54, 1.807) is 10.6 Å². The average molecular weight is 605 g/mol. The number of anilines is 2. The maximum absolute atomic E-state index is 12.5. The Bertz CT molecular complexity index is 1840. The van der Waals surface area contributed by atoms with Crippen LogP contribution in [0.25, 0.3) is 27.7 Å². The second kappa shape index (κ2) is 13.5. The van der Waals surface area contributed by atoms with Crippen molar-refractivity contribution in [3.63, 3.8) is 0 Å². The predicted molar refractivity (Wildman–Crippen MR) is 179 cm³/mol. The van der Waals surface area contributed by atoms with Gasteiger partial charge >= 0.3 is 0 Å². The van der Waals surface area contributed by atoms with E-state index in [1.807, 2.05) is 61.7 Å². The number of aromatic nitrogens is 5. The van der Waals surface area contributed by atoms with Crippen LogP contribution in [0.5, 0.6) is 0 Å². The molecule has 0 bridgehead atoms. The Morgan fingerprint density at radius 1 is 1.09 bits per heavy atom. The van der Waals surface area contributed by atoms with Crippen molar-refractivity contribution < 1.29 is 9.53 Å². The van der Waals surface area contributed by atoms with Gasteiger partial charge in [-0.1, -0.05) is 62.4 Å². The molecule has 1 fully saturated rings. The summed E-state index contributed by atoms with van der Waals surface area (Å²) in [7, 11) is 3.97. The van der Waals surface area contributed by atoms with Gasteiger partial charge in [-0.3, -0.25) is 9.78 Å². The molecule has 2 aromatic carbocycles. The summed E-state index contributed by atoms with van der Waals surface area (Å²) in [6, 6.07) is 16.5. The molecule has 1 aliphatic rings. The van der Waals surface area contributed by atoms with Gasteiger partial charge < -0.3 is 19.9 Å². The number of ketones is 1. The zero-order valence-corrected chi connectivity index (χ0v) is 26.4. The lowest BCUT2D eigenvalue weighted by Gasteiger charge is -2.27. The van der Waals surface area contributed by atoms with Crippen LogP contribution >= 0.6 is 0 Å². The van der Waals surface area contributed by atoms with Gasteiger partial charge in [-0.25, -0.2) is 0 Å². The summed E-state index contributed by atoms with van der Waals surface area (Å²) < 4.78 is 7.37. The van der Waals surface area contributed by atoms with Crippen molar-refractivity contribution in [2.45, 2.75) is 32.7 Å². The van der Waals surface area contributed by atoms with Crippen LogP contribution in [0, 0.1) is 0 Å². The van der Waals surface area contributed by atoms with Crippen molar-refractivity contribution >= 4 is 34.1 Å². The number of allylic oxidation sites excluding steroid dienone is 1. The van der Waals surface area contributed by atoms with Gasteiger partial charge in [0.25, 0.3) is 0 Å². The molecule has 3 aromatic heterocycles. The number of fused-ring (bicyclic) bond motifs is 2. The van der Waals surface area contributed by atoms with Crippen molar-refractivity contribution in [1.29, 1.82) is 0 Å². The summed E-state index contributed by atoms with van der Waals surface area (Å²) in [5, 5.41) is 10.3. The molecule has 10 nitrogen and oxygen atoms in total. The highest BCUT2D eigenvalue weighted by Gasteiger charge is 2.20. The molecule has 0 unspecified atom stereocenters. The van der Waals surface area contributed by atoms with E-state index >= 15 is 0 Å². The zero-order valence-electron chi connectivity index (χ0n) is 26.4. The van der Waals surface area contributed by atoms with Gasteiger partial charge in [0.2, 0.25) is 11.9 Å². The van der Waals surface area contributed by atoms with E-state index in [2.05, 4.69) is 53.4 Å². The Labute approximate surface area is 263 Å². The fraction of sp³-hybridized carbons (Fsp3) is 0.343. The lowest BCUT2D eigenvalue weighted by Crippen LogP contribution is -2.37. The van der Waals surface area contributed by atoms with E-state index in [-0.39, 0.29) is 11.7 Å². The minimum absolute atomic E-state index is 0.0928. The Morgan fingerprint density at radius 2 is 1.91 bits per heavy atom. The second-order valence-electron chi connectivity index (χ2n) is 12.0. The third-order valence-corrected chi connectivity index (χ3v) is 7.99. The van der Waals surface area contributed by atoms with Crippen LogP contribution in [0.3, 0.4) is 0 Å². The Kier molecular flexibility index (Phi) is 9.13. The number of nitrogens with zero attached hydrogens (tertiary/aromatic N) is 7. The highest BCUT2D eigenvalue weighted by Crippen LogP contribution is 2.31. The summed E-state index contributed by atoms with van der Waals surface area (Å²) in [4.78, 5) is 31.4. The quantitative estimate of drug-likeness (QED) is 0.205. The molecule has 0 amide bonds. The monoisotopic (exact) mass is 604 g/mol.